The SMILES string of the molecule is C=C(N)/C=C\C(=C)/C(C)=C1\C(=O)c2ccccc2C(=O)\C1=C(\C)N.CC. The number of rotatable bonds is 3. The standard InChI is InChI=1S/C20H20N2O2.C2H6/c1-11(9-10-12(2)21)13(3)17-18(14(4)22)20(24)16-8-6-5-7-15(16)19(17)23;1-2/h5-10H,1-2,21-22H2,3-4H3;1-2H3/b10-9-,17-13-,18-14-;. The summed E-state index contributed by atoms with van der Waals surface area (Å²) in [5.74, 6) is -0.483. The van der Waals surface area contributed by atoms with Gasteiger partial charge in [-0.3, -0.25) is 9.59 Å². The Morgan fingerprint density at radius 2 is 1.35 bits per heavy atom. The summed E-state index contributed by atoms with van der Waals surface area (Å²) in [5, 5.41) is 0. The van der Waals surface area contributed by atoms with Gasteiger partial charge in [0.05, 0.1) is 5.57 Å². The van der Waals surface area contributed by atoms with E-state index >= 15 is 0 Å². The first-order valence-corrected chi connectivity index (χ1v) is 8.43. The highest BCUT2D eigenvalue weighted by Gasteiger charge is 2.34. The summed E-state index contributed by atoms with van der Waals surface area (Å²) >= 11 is 0. The molecule has 1 aliphatic rings. The predicted molar refractivity (Wildman–Crippen MR) is 108 cm³/mol. The summed E-state index contributed by atoms with van der Waals surface area (Å²) in [7, 11) is 0. The number of carbonyl (C=O) groups is 2. The maximum absolute atomic E-state index is 13.0. The number of allylic oxidation sites excluding steroid dienone is 7. The summed E-state index contributed by atoms with van der Waals surface area (Å²) in [6.45, 7) is 14.9. The Labute approximate surface area is 155 Å². The van der Waals surface area contributed by atoms with E-state index in [4.69, 9.17) is 11.5 Å². The molecule has 0 amide bonds. The number of Topliss-reactive ketones (excluding diaryl/α,β-unsaturated/α-hetero) is 2. The molecule has 4 heteroatoms. The van der Waals surface area contributed by atoms with Gasteiger partial charge in [-0.25, -0.2) is 0 Å². The van der Waals surface area contributed by atoms with E-state index in [-0.39, 0.29) is 22.7 Å². The van der Waals surface area contributed by atoms with E-state index in [0.717, 1.165) is 0 Å². The maximum Gasteiger partial charge on any atom is 0.196 e. The molecule has 0 saturated carbocycles. The van der Waals surface area contributed by atoms with Crippen molar-refractivity contribution in [2.45, 2.75) is 27.7 Å². The van der Waals surface area contributed by atoms with E-state index in [0.29, 0.717) is 33.7 Å². The second kappa shape index (κ2) is 8.81. The van der Waals surface area contributed by atoms with Gasteiger partial charge in [0.25, 0.3) is 0 Å². The van der Waals surface area contributed by atoms with Crippen LogP contribution < -0.4 is 11.5 Å². The van der Waals surface area contributed by atoms with Gasteiger partial charge in [-0.15, -0.1) is 0 Å². The van der Waals surface area contributed by atoms with Crippen molar-refractivity contribution in [2.24, 2.45) is 11.5 Å². The fourth-order valence-electron chi connectivity index (χ4n) is 2.60. The minimum atomic E-state index is -0.250. The van der Waals surface area contributed by atoms with E-state index in [1.54, 1.807) is 50.3 Å². The lowest BCUT2D eigenvalue weighted by Crippen LogP contribution is -2.26. The number of hydrogen-bond acceptors (Lipinski definition) is 4. The van der Waals surface area contributed by atoms with Crippen LogP contribution >= 0.6 is 0 Å². The Balaban J connectivity index is 0.00000163. The fraction of sp³-hybridized carbons (Fsp3) is 0.182. The molecule has 4 N–H and O–H groups in total. The van der Waals surface area contributed by atoms with Crippen molar-refractivity contribution in [3.8, 4) is 0 Å². The van der Waals surface area contributed by atoms with Crippen molar-refractivity contribution in [1.82, 2.24) is 0 Å². The first-order valence-electron chi connectivity index (χ1n) is 8.43. The van der Waals surface area contributed by atoms with Crippen molar-refractivity contribution in [3.63, 3.8) is 0 Å². The zero-order chi connectivity index (χ0) is 20.0. The van der Waals surface area contributed by atoms with Crippen LogP contribution in [0.25, 0.3) is 0 Å². The van der Waals surface area contributed by atoms with Gasteiger partial charge in [0, 0.05) is 28.1 Å². The first kappa shape index (κ1) is 20.9. The Morgan fingerprint density at radius 1 is 0.885 bits per heavy atom. The van der Waals surface area contributed by atoms with Crippen LogP contribution in [0, 0.1) is 0 Å². The number of ketones is 2. The lowest BCUT2D eigenvalue weighted by atomic mass is 9.78. The van der Waals surface area contributed by atoms with Gasteiger partial charge in [-0.05, 0) is 31.1 Å². The summed E-state index contributed by atoms with van der Waals surface area (Å²) in [4.78, 5) is 25.8. The molecule has 2 rings (SSSR count). The monoisotopic (exact) mass is 350 g/mol. The number of hydrogen-bond donors (Lipinski definition) is 2. The van der Waals surface area contributed by atoms with Gasteiger partial charge < -0.3 is 11.5 Å². The normalized spacial score (nSPS) is 17.2. The molecule has 26 heavy (non-hydrogen) atoms. The van der Waals surface area contributed by atoms with Crippen LogP contribution in [0.4, 0.5) is 0 Å². The van der Waals surface area contributed by atoms with Crippen LogP contribution in [0.2, 0.25) is 0 Å². The van der Waals surface area contributed by atoms with Crippen LogP contribution in [0.1, 0.15) is 48.4 Å². The Morgan fingerprint density at radius 3 is 1.77 bits per heavy atom. The maximum atomic E-state index is 13.0. The minimum absolute atomic E-state index is 0.233. The highest BCUT2D eigenvalue weighted by molar-refractivity contribution is 6.31. The smallest absolute Gasteiger partial charge is 0.196 e. The van der Waals surface area contributed by atoms with Crippen molar-refractivity contribution in [3.05, 3.63) is 94.4 Å². The molecule has 0 aromatic heterocycles. The minimum Gasteiger partial charge on any atom is -0.402 e. The van der Waals surface area contributed by atoms with E-state index < -0.39 is 0 Å². The van der Waals surface area contributed by atoms with E-state index in [9.17, 15) is 9.59 Å². The lowest BCUT2D eigenvalue weighted by molar-refractivity contribution is 0.0971. The van der Waals surface area contributed by atoms with Crippen LogP contribution in [-0.2, 0) is 0 Å². The van der Waals surface area contributed by atoms with E-state index in [1.165, 1.54) is 0 Å². The number of nitrogens with two attached hydrogens (primary N) is 2. The zero-order valence-electron chi connectivity index (χ0n) is 15.8. The summed E-state index contributed by atoms with van der Waals surface area (Å²) < 4.78 is 0. The molecular formula is C22H26N2O2. The molecule has 0 aliphatic heterocycles. The molecule has 136 valence electrons. The molecule has 0 unspecified atom stereocenters. The summed E-state index contributed by atoms with van der Waals surface area (Å²) in [6.07, 6.45) is 3.25. The van der Waals surface area contributed by atoms with Gasteiger partial charge in [-0.1, -0.05) is 57.3 Å². The van der Waals surface area contributed by atoms with Gasteiger partial charge in [0.2, 0.25) is 0 Å². The van der Waals surface area contributed by atoms with Crippen LogP contribution in [0.15, 0.2) is 83.3 Å². The third-order valence-corrected chi connectivity index (χ3v) is 3.87. The highest BCUT2D eigenvalue weighted by Crippen LogP contribution is 2.34. The summed E-state index contributed by atoms with van der Waals surface area (Å²) in [5.41, 5.74) is 14.5. The molecule has 0 radical (unpaired) electrons. The molecule has 0 heterocycles. The number of carbonyl (C=O) groups excluding carboxylic acids is 2. The van der Waals surface area contributed by atoms with E-state index in [1.807, 2.05) is 13.8 Å². The van der Waals surface area contributed by atoms with Crippen molar-refractivity contribution in [1.29, 1.82) is 0 Å². The molecule has 0 spiro atoms. The zero-order valence-corrected chi connectivity index (χ0v) is 15.8. The average Bonchev–Trinajstić information content (AvgIpc) is 2.63. The largest absolute Gasteiger partial charge is 0.402 e. The molecular weight excluding hydrogens is 324 g/mol. The molecule has 1 aromatic rings. The van der Waals surface area contributed by atoms with Gasteiger partial charge in [0.1, 0.15) is 0 Å². The molecule has 1 aliphatic carbocycles. The second-order valence-electron chi connectivity index (χ2n) is 5.70. The van der Waals surface area contributed by atoms with Crippen LogP contribution in [0.5, 0.6) is 0 Å². The number of fused-ring (bicyclic) bond motifs is 1. The topological polar surface area (TPSA) is 86.2 Å². The predicted octanol–water partition coefficient (Wildman–Crippen LogP) is 4.23. The average molecular weight is 350 g/mol. The Kier molecular flexibility index (Phi) is 7.08. The molecule has 0 atom stereocenters. The van der Waals surface area contributed by atoms with Crippen molar-refractivity contribution >= 4 is 11.6 Å². The summed E-state index contributed by atoms with van der Waals surface area (Å²) in [6, 6.07) is 6.74. The molecule has 1 aromatic carbocycles. The highest BCUT2D eigenvalue weighted by atomic mass is 16.1. The molecule has 0 bridgehead atoms. The third kappa shape index (κ3) is 4.09. The first-order chi connectivity index (χ1) is 12.3. The van der Waals surface area contributed by atoms with E-state index in [2.05, 4.69) is 13.2 Å². The molecule has 4 nitrogen and oxygen atoms in total. The van der Waals surface area contributed by atoms with Gasteiger partial charge >= 0.3 is 0 Å². The van der Waals surface area contributed by atoms with Gasteiger partial charge in [0.15, 0.2) is 11.6 Å². The van der Waals surface area contributed by atoms with Crippen molar-refractivity contribution in [2.75, 3.05) is 0 Å². The van der Waals surface area contributed by atoms with Crippen LogP contribution in [0.3, 0.4) is 0 Å². The number of benzene rings is 1. The third-order valence-electron chi connectivity index (χ3n) is 3.87. The lowest BCUT2D eigenvalue weighted by Gasteiger charge is -2.22. The molecule has 0 fully saturated rings. The van der Waals surface area contributed by atoms with Crippen LogP contribution in [-0.4, -0.2) is 11.6 Å². The van der Waals surface area contributed by atoms with Gasteiger partial charge in [-0.2, -0.15) is 0 Å². The Hall–Kier alpha value is -3.14. The molecule has 0 saturated heterocycles. The second-order valence-corrected chi connectivity index (χ2v) is 5.70. The fourth-order valence-corrected chi connectivity index (χ4v) is 2.60. The Bertz CT molecular complexity index is 864. The van der Waals surface area contributed by atoms with Crippen molar-refractivity contribution < 1.29 is 9.59 Å². The quantitative estimate of drug-likeness (QED) is 0.631.